The minimum atomic E-state index is -0.541. The molecule has 1 aromatic carbocycles. The lowest BCUT2D eigenvalue weighted by molar-refractivity contribution is -0.121. The molecule has 0 aliphatic carbocycles. The zero-order valence-electron chi connectivity index (χ0n) is 10.8. The summed E-state index contributed by atoms with van der Waals surface area (Å²) in [6.07, 6.45) is 1.38. The maximum Gasteiger partial charge on any atom is 0.290 e. The molecule has 1 saturated heterocycles. The predicted molar refractivity (Wildman–Crippen MR) is 73.9 cm³/mol. The molecule has 0 spiro atoms. The van der Waals surface area contributed by atoms with E-state index in [1.54, 1.807) is 24.3 Å². The van der Waals surface area contributed by atoms with Gasteiger partial charge in [-0.2, -0.15) is 0 Å². The highest BCUT2D eigenvalue weighted by Gasteiger charge is 2.34. The second-order valence-electron chi connectivity index (χ2n) is 4.97. The molecule has 0 saturated carbocycles. The number of fused-ring (bicyclic) bond motifs is 1. The van der Waals surface area contributed by atoms with Crippen LogP contribution in [0.2, 0.25) is 0 Å². The number of nitrogens with two attached hydrogens (primary N) is 2. The summed E-state index contributed by atoms with van der Waals surface area (Å²) in [7, 11) is 0. The van der Waals surface area contributed by atoms with E-state index in [1.807, 2.05) is 0 Å². The zero-order valence-corrected chi connectivity index (χ0v) is 10.8. The van der Waals surface area contributed by atoms with Crippen LogP contribution in [0.25, 0.3) is 11.0 Å². The van der Waals surface area contributed by atoms with Crippen molar-refractivity contribution in [2.45, 2.75) is 18.9 Å². The average molecular weight is 273 g/mol. The van der Waals surface area contributed by atoms with Gasteiger partial charge in [-0.1, -0.05) is 0 Å². The van der Waals surface area contributed by atoms with Gasteiger partial charge in [-0.3, -0.25) is 9.59 Å². The molecule has 2 amide bonds. The first-order valence-electron chi connectivity index (χ1n) is 6.45. The van der Waals surface area contributed by atoms with Gasteiger partial charge in [-0.05, 0) is 37.1 Å². The van der Waals surface area contributed by atoms with Gasteiger partial charge in [-0.15, -0.1) is 0 Å². The molecule has 1 aromatic heterocycles. The third-order valence-electron chi connectivity index (χ3n) is 3.59. The number of rotatable bonds is 2. The number of likely N-dealkylation sites (tertiary alicyclic amines) is 1. The topological polar surface area (TPSA) is 103 Å². The highest BCUT2D eigenvalue weighted by atomic mass is 16.3. The number of nitrogen functional groups attached to an aromatic ring is 1. The Hall–Kier alpha value is -2.50. The molecule has 104 valence electrons. The van der Waals surface area contributed by atoms with E-state index in [9.17, 15) is 9.59 Å². The van der Waals surface area contributed by atoms with Gasteiger partial charge in [-0.25, -0.2) is 0 Å². The van der Waals surface area contributed by atoms with Crippen molar-refractivity contribution in [2.24, 2.45) is 5.73 Å². The molecule has 6 nitrogen and oxygen atoms in total. The molecule has 4 N–H and O–H groups in total. The Kier molecular flexibility index (Phi) is 2.85. The number of carbonyl (C=O) groups is 2. The van der Waals surface area contributed by atoms with Crippen molar-refractivity contribution < 1.29 is 14.0 Å². The van der Waals surface area contributed by atoms with Crippen LogP contribution in [0.5, 0.6) is 0 Å². The quantitative estimate of drug-likeness (QED) is 0.800. The second kappa shape index (κ2) is 4.56. The molecular formula is C14H15N3O3. The summed E-state index contributed by atoms with van der Waals surface area (Å²) in [4.78, 5) is 25.2. The van der Waals surface area contributed by atoms with Crippen LogP contribution in [0.4, 0.5) is 5.69 Å². The minimum Gasteiger partial charge on any atom is -0.451 e. The summed E-state index contributed by atoms with van der Waals surface area (Å²) in [5, 5.41) is 0.767. The first kappa shape index (κ1) is 12.5. The van der Waals surface area contributed by atoms with Crippen molar-refractivity contribution in [3.63, 3.8) is 0 Å². The molecular weight excluding hydrogens is 258 g/mol. The lowest BCUT2D eigenvalue weighted by atomic mass is 10.2. The lowest BCUT2D eigenvalue weighted by Gasteiger charge is -2.20. The number of carbonyl (C=O) groups excluding carboxylic acids is 2. The Morgan fingerprint density at radius 2 is 2.10 bits per heavy atom. The molecule has 1 atom stereocenters. The Bertz CT molecular complexity index is 692. The number of anilines is 1. The predicted octanol–water partition coefficient (Wildman–Crippen LogP) is 1.10. The van der Waals surface area contributed by atoms with Gasteiger partial charge in [0.25, 0.3) is 5.91 Å². The Morgan fingerprint density at radius 1 is 1.30 bits per heavy atom. The molecule has 1 fully saturated rings. The van der Waals surface area contributed by atoms with E-state index in [1.165, 1.54) is 4.90 Å². The van der Waals surface area contributed by atoms with Crippen LogP contribution in [-0.2, 0) is 4.79 Å². The van der Waals surface area contributed by atoms with E-state index in [2.05, 4.69) is 0 Å². The van der Waals surface area contributed by atoms with E-state index in [0.717, 1.165) is 11.8 Å². The summed E-state index contributed by atoms with van der Waals surface area (Å²) < 4.78 is 5.53. The molecule has 0 bridgehead atoms. The molecule has 2 aromatic rings. The van der Waals surface area contributed by atoms with E-state index in [0.29, 0.717) is 24.2 Å². The summed E-state index contributed by atoms with van der Waals surface area (Å²) in [6.45, 7) is 0.519. The highest BCUT2D eigenvalue weighted by Crippen LogP contribution is 2.25. The molecule has 3 rings (SSSR count). The van der Waals surface area contributed by atoms with Gasteiger partial charge in [0.15, 0.2) is 5.76 Å². The van der Waals surface area contributed by atoms with Crippen molar-refractivity contribution in [1.29, 1.82) is 0 Å². The summed E-state index contributed by atoms with van der Waals surface area (Å²) in [5.41, 5.74) is 12.2. The second-order valence-corrected chi connectivity index (χ2v) is 4.97. The van der Waals surface area contributed by atoms with Gasteiger partial charge < -0.3 is 20.8 Å². The van der Waals surface area contributed by atoms with E-state index < -0.39 is 11.9 Å². The van der Waals surface area contributed by atoms with Crippen LogP contribution >= 0.6 is 0 Å². The molecule has 20 heavy (non-hydrogen) atoms. The van der Waals surface area contributed by atoms with Gasteiger partial charge in [0.2, 0.25) is 5.91 Å². The van der Waals surface area contributed by atoms with Gasteiger partial charge >= 0.3 is 0 Å². The fraction of sp³-hybridized carbons (Fsp3) is 0.286. The Labute approximate surface area is 115 Å². The minimum absolute atomic E-state index is 0.207. The SMILES string of the molecule is NC(=O)C1CCCN1C(=O)c1cc2cc(N)ccc2o1. The van der Waals surface area contributed by atoms with Crippen LogP contribution in [0, 0.1) is 0 Å². The molecule has 2 heterocycles. The standard InChI is InChI=1S/C14H15N3O3/c15-9-3-4-11-8(6-9)7-12(20-11)14(19)17-5-1-2-10(17)13(16)18/h3-4,6-7,10H,1-2,5,15H2,(H2,16,18). The molecule has 1 aliphatic rings. The maximum atomic E-state index is 12.4. The van der Waals surface area contributed by atoms with E-state index >= 15 is 0 Å². The summed E-state index contributed by atoms with van der Waals surface area (Å²) >= 11 is 0. The van der Waals surface area contributed by atoms with Gasteiger partial charge in [0.1, 0.15) is 11.6 Å². The first-order valence-corrected chi connectivity index (χ1v) is 6.45. The number of primary amides is 1. The first-order chi connectivity index (χ1) is 9.56. The molecule has 1 aliphatic heterocycles. The van der Waals surface area contributed by atoms with Gasteiger partial charge in [0.05, 0.1) is 0 Å². The van der Waals surface area contributed by atoms with Crippen molar-refractivity contribution in [2.75, 3.05) is 12.3 Å². The van der Waals surface area contributed by atoms with Crippen LogP contribution < -0.4 is 11.5 Å². The number of amides is 2. The highest BCUT2D eigenvalue weighted by molar-refractivity contribution is 5.99. The molecule has 1 unspecified atom stereocenters. The fourth-order valence-electron chi connectivity index (χ4n) is 2.61. The van der Waals surface area contributed by atoms with Crippen molar-refractivity contribution in [3.8, 4) is 0 Å². The van der Waals surface area contributed by atoms with Gasteiger partial charge in [0, 0.05) is 17.6 Å². The normalized spacial score (nSPS) is 18.6. The number of hydrogen-bond donors (Lipinski definition) is 2. The number of hydrogen-bond acceptors (Lipinski definition) is 4. The Balaban J connectivity index is 1.94. The Morgan fingerprint density at radius 3 is 2.85 bits per heavy atom. The number of nitrogens with zero attached hydrogens (tertiary/aromatic N) is 1. The molecule has 0 radical (unpaired) electrons. The van der Waals surface area contributed by atoms with Crippen LogP contribution in [0.1, 0.15) is 23.4 Å². The fourth-order valence-corrected chi connectivity index (χ4v) is 2.61. The molecule has 6 heteroatoms. The third kappa shape index (κ3) is 1.99. The van der Waals surface area contributed by atoms with E-state index in [4.69, 9.17) is 15.9 Å². The third-order valence-corrected chi connectivity index (χ3v) is 3.59. The van der Waals surface area contributed by atoms with Crippen LogP contribution in [0.15, 0.2) is 28.7 Å². The number of benzene rings is 1. The lowest BCUT2D eigenvalue weighted by Crippen LogP contribution is -2.43. The van der Waals surface area contributed by atoms with Crippen molar-refractivity contribution >= 4 is 28.5 Å². The van der Waals surface area contributed by atoms with Crippen molar-refractivity contribution in [3.05, 3.63) is 30.0 Å². The zero-order chi connectivity index (χ0) is 14.3. The maximum absolute atomic E-state index is 12.4. The van der Waals surface area contributed by atoms with Crippen molar-refractivity contribution in [1.82, 2.24) is 4.90 Å². The van der Waals surface area contributed by atoms with E-state index in [-0.39, 0.29) is 11.7 Å². The largest absolute Gasteiger partial charge is 0.451 e. The summed E-state index contributed by atoms with van der Waals surface area (Å²) in [6, 6.07) is 6.27. The van der Waals surface area contributed by atoms with Crippen LogP contribution in [-0.4, -0.2) is 29.3 Å². The smallest absolute Gasteiger partial charge is 0.290 e. The van der Waals surface area contributed by atoms with Crippen LogP contribution in [0.3, 0.4) is 0 Å². The number of furan rings is 1. The average Bonchev–Trinajstić information content (AvgIpc) is 3.03. The monoisotopic (exact) mass is 273 g/mol. The summed E-state index contributed by atoms with van der Waals surface area (Å²) in [5.74, 6) is -0.573.